The van der Waals surface area contributed by atoms with E-state index < -0.39 is 0 Å². The van der Waals surface area contributed by atoms with Crippen molar-refractivity contribution in [2.75, 3.05) is 0 Å². The molecule has 1 N–H and O–H groups in total. The van der Waals surface area contributed by atoms with Gasteiger partial charge in [-0.25, -0.2) is 0 Å². The molecular weight excluding hydrogens is 274 g/mol. The van der Waals surface area contributed by atoms with Crippen LogP contribution in [-0.2, 0) is 6.61 Å². The van der Waals surface area contributed by atoms with Gasteiger partial charge in [0.2, 0.25) is 0 Å². The first-order chi connectivity index (χ1) is 5.15. The number of aryl methyl sites for hydroxylation is 1. The van der Waals surface area contributed by atoms with E-state index in [1.165, 1.54) is 0 Å². The normalized spacial score (nSPS) is 10.2. The van der Waals surface area contributed by atoms with Gasteiger partial charge < -0.3 is 5.11 Å². The van der Waals surface area contributed by atoms with Crippen LogP contribution in [0.1, 0.15) is 11.1 Å². The number of hydrogen-bond donors (Lipinski definition) is 1. The maximum atomic E-state index is 8.90. The van der Waals surface area contributed by atoms with Crippen molar-refractivity contribution in [2.24, 2.45) is 0 Å². The Morgan fingerprint density at radius 1 is 1.55 bits per heavy atom. The highest BCUT2D eigenvalue weighted by Crippen LogP contribution is 2.23. The summed E-state index contributed by atoms with van der Waals surface area (Å²) in [5.74, 6) is 0. The monoisotopic (exact) mass is 282 g/mol. The minimum Gasteiger partial charge on any atom is -0.392 e. The average Bonchev–Trinajstić information content (AvgIpc) is 1.96. The third-order valence-electron chi connectivity index (χ3n) is 1.42. The van der Waals surface area contributed by atoms with E-state index in [1.807, 2.05) is 19.1 Å². The van der Waals surface area contributed by atoms with Crippen LogP contribution in [0.4, 0.5) is 0 Å². The van der Waals surface area contributed by atoms with E-state index in [9.17, 15) is 0 Å². The molecule has 1 aromatic rings. The molecule has 0 bridgehead atoms. The summed E-state index contributed by atoms with van der Waals surface area (Å²) < 4.78 is 0.942. The summed E-state index contributed by atoms with van der Waals surface area (Å²) in [5, 5.41) is 9.62. The fourth-order valence-electron chi connectivity index (χ4n) is 0.912. The Morgan fingerprint density at radius 2 is 2.18 bits per heavy atom. The van der Waals surface area contributed by atoms with Crippen molar-refractivity contribution in [3.63, 3.8) is 0 Å². The molecule has 3 heteroatoms. The van der Waals surface area contributed by atoms with Gasteiger partial charge in [0.05, 0.1) is 11.6 Å². The zero-order valence-corrected chi connectivity index (χ0v) is 8.98. The Morgan fingerprint density at radius 3 is 2.73 bits per heavy atom. The van der Waals surface area contributed by atoms with E-state index in [0.29, 0.717) is 0 Å². The number of rotatable bonds is 1. The molecule has 0 atom stereocenters. The first-order valence-electron chi connectivity index (χ1n) is 3.20. The van der Waals surface area contributed by atoms with Crippen molar-refractivity contribution >= 4 is 34.2 Å². The van der Waals surface area contributed by atoms with Gasteiger partial charge in [-0.1, -0.05) is 17.7 Å². The summed E-state index contributed by atoms with van der Waals surface area (Å²) in [6.07, 6.45) is 0. The van der Waals surface area contributed by atoms with Crippen LogP contribution in [-0.4, -0.2) is 5.11 Å². The summed E-state index contributed by atoms with van der Waals surface area (Å²) in [7, 11) is 0. The smallest absolute Gasteiger partial charge is 0.0692 e. The first kappa shape index (κ1) is 9.29. The molecule has 60 valence electrons. The van der Waals surface area contributed by atoms with Gasteiger partial charge in [0.25, 0.3) is 0 Å². The maximum Gasteiger partial charge on any atom is 0.0692 e. The Balaban J connectivity index is 3.24. The lowest BCUT2D eigenvalue weighted by atomic mass is 10.1. The maximum absolute atomic E-state index is 8.90. The third-order valence-corrected chi connectivity index (χ3v) is 3.31. The molecule has 0 aliphatic rings. The second kappa shape index (κ2) is 3.74. The number of aliphatic hydroxyl groups is 1. The van der Waals surface area contributed by atoms with Crippen molar-refractivity contribution in [2.45, 2.75) is 13.5 Å². The summed E-state index contributed by atoms with van der Waals surface area (Å²) in [6, 6.07) is 3.83. The van der Waals surface area contributed by atoms with E-state index in [-0.39, 0.29) is 6.61 Å². The average molecular weight is 283 g/mol. The van der Waals surface area contributed by atoms with Gasteiger partial charge in [0, 0.05) is 3.57 Å². The van der Waals surface area contributed by atoms with E-state index in [0.717, 1.165) is 19.7 Å². The van der Waals surface area contributed by atoms with Gasteiger partial charge in [-0.3, -0.25) is 0 Å². The summed E-state index contributed by atoms with van der Waals surface area (Å²) in [4.78, 5) is 0. The Bertz CT molecular complexity index is 273. The number of halogens is 2. The molecule has 0 unspecified atom stereocenters. The molecule has 1 nitrogen and oxygen atoms in total. The largest absolute Gasteiger partial charge is 0.392 e. The van der Waals surface area contributed by atoms with Crippen LogP contribution in [0.5, 0.6) is 0 Å². The van der Waals surface area contributed by atoms with Gasteiger partial charge in [-0.05, 0) is 46.7 Å². The molecule has 0 saturated heterocycles. The Labute approximate surface area is 84.5 Å². The molecule has 0 radical (unpaired) electrons. The zero-order valence-electron chi connectivity index (χ0n) is 6.06. The predicted octanol–water partition coefficient (Wildman–Crippen LogP) is 2.75. The van der Waals surface area contributed by atoms with Gasteiger partial charge in [0.15, 0.2) is 0 Å². The number of benzene rings is 1. The highest BCUT2D eigenvalue weighted by Gasteiger charge is 2.03. The fourth-order valence-corrected chi connectivity index (χ4v) is 1.69. The highest BCUT2D eigenvalue weighted by molar-refractivity contribution is 14.1. The van der Waals surface area contributed by atoms with Crippen LogP contribution in [0, 0.1) is 10.5 Å². The molecule has 0 heterocycles. The molecule has 0 aromatic heterocycles. The summed E-state index contributed by atoms with van der Waals surface area (Å²) in [6.45, 7) is 2.01. The Kier molecular flexibility index (Phi) is 3.16. The van der Waals surface area contributed by atoms with E-state index in [4.69, 9.17) is 16.7 Å². The molecule has 0 amide bonds. The fraction of sp³-hybridized carbons (Fsp3) is 0.250. The van der Waals surface area contributed by atoms with Crippen molar-refractivity contribution in [1.29, 1.82) is 0 Å². The molecule has 0 saturated carbocycles. The minimum atomic E-state index is 0.0552. The molecule has 1 aromatic carbocycles. The van der Waals surface area contributed by atoms with Gasteiger partial charge in [-0.15, -0.1) is 0 Å². The van der Waals surface area contributed by atoms with E-state index >= 15 is 0 Å². The molecule has 11 heavy (non-hydrogen) atoms. The van der Waals surface area contributed by atoms with Crippen LogP contribution in [0.15, 0.2) is 12.1 Å². The highest BCUT2D eigenvalue weighted by atomic mass is 127. The van der Waals surface area contributed by atoms with Crippen LogP contribution < -0.4 is 0 Å². The molecular formula is C8H8ClIO. The standard InChI is InChI=1S/C8H8ClIO/c1-5-2-6(4-11)8(10)7(9)3-5/h2-3,11H,4H2,1H3. The topological polar surface area (TPSA) is 20.2 Å². The number of aliphatic hydroxyl groups excluding tert-OH is 1. The Hall–Kier alpha value is 0.200. The van der Waals surface area contributed by atoms with Crippen molar-refractivity contribution in [1.82, 2.24) is 0 Å². The lowest BCUT2D eigenvalue weighted by Gasteiger charge is -2.03. The van der Waals surface area contributed by atoms with Crippen LogP contribution in [0.25, 0.3) is 0 Å². The van der Waals surface area contributed by atoms with Crippen molar-refractivity contribution in [3.05, 3.63) is 31.9 Å². The molecule has 0 aliphatic heterocycles. The van der Waals surface area contributed by atoms with Crippen molar-refractivity contribution < 1.29 is 5.11 Å². The van der Waals surface area contributed by atoms with E-state index in [2.05, 4.69) is 22.6 Å². The predicted molar refractivity (Wildman–Crippen MR) is 54.8 cm³/mol. The molecule has 0 spiro atoms. The van der Waals surface area contributed by atoms with Crippen LogP contribution in [0.2, 0.25) is 5.02 Å². The second-order valence-electron chi connectivity index (χ2n) is 2.38. The molecule has 0 fully saturated rings. The lowest BCUT2D eigenvalue weighted by Crippen LogP contribution is -1.90. The molecule has 0 aliphatic carbocycles. The first-order valence-corrected chi connectivity index (χ1v) is 4.66. The number of hydrogen-bond acceptors (Lipinski definition) is 1. The molecule has 1 rings (SSSR count). The summed E-state index contributed by atoms with van der Waals surface area (Å²) >= 11 is 8.01. The van der Waals surface area contributed by atoms with Crippen LogP contribution >= 0.6 is 34.2 Å². The zero-order chi connectivity index (χ0) is 8.43. The van der Waals surface area contributed by atoms with Gasteiger partial charge in [0.1, 0.15) is 0 Å². The van der Waals surface area contributed by atoms with Gasteiger partial charge in [-0.2, -0.15) is 0 Å². The second-order valence-corrected chi connectivity index (χ2v) is 3.86. The third kappa shape index (κ3) is 2.07. The van der Waals surface area contributed by atoms with Crippen molar-refractivity contribution in [3.8, 4) is 0 Å². The SMILES string of the molecule is Cc1cc(Cl)c(I)c(CO)c1. The van der Waals surface area contributed by atoms with E-state index in [1.54, 1.807) is 0 Å². The lowest BCUT2D eigenvalue weighted by molar-refractivity contribution is 0.281. The quantitative estimate of drug-likeness (QED) is 0.785. The van der Waals surface area contributed by atoms with Gasteiger partial charge >= 0.3 is 0 Å². The minimum absolute atomic E-state index is 0.0552. The van der Waals surface area contributed by atoms with Crippen LogP contribution in [0.3, 0.4) is 0 Å². The summed E-state index contributed by atoms with van der Waals surface area (Å²) in [5.41, 5.74) is 1.98.